The molecule has 0 bridgehead atoms. The summed E-state index contributed by atoms with van der Waals surface area (Å²) in [5.41, 5.74) is 0.511. The van der Waals surface area contributed by atoms with Crippen LogP contribution in [0.15, 0.2) is 48.9 Å². The maximum absolute atomic E-state index is 12.4. The van der Waals surface area contributed by atoms with Gasteiger partial charge in [0.05, 0.1) is 11.5 Å². The van der Waals surface area contributed by atoms with Crippen LogP contribution in [0.4, 0.5) is 5.82 Å². The van der Waals surface area contributed by atoms with E-state index in [9.17, 15) is 9.59 Å². The van der Waals surface area contributed by atoms with Gasteiger partial charge in [-0.25, -0.2) is 4.98 Å². The Kier molecular flexibility index (Phi) is 6.14. The van der Waals surface area contributed by atoms with Gasteiger partial charge >= 0.3 is 0 Å². The largest absolute Gasteiger partial charge is 0.356 e. The molecule has 2 amide bonds. The van der Waals surface area contributed by atoms with Crippen LogP contribution in [0.2, 0.25) is 0 Å². The first-order valence-electron chi connectivity index (χ1n) is 8.86. The summed E-state index contributed by atoms with van der Waals surface area (Å²) in [5, 5.41) is 5.69. The van der Waals surface area contributed by atoms with Gasteiger partial charge in [0.25, 0.3) is 5.91 Å². The van der Waals surface area contributed by atoms with E-state index in [1.807, 2.05) is 18.2 Å². The van der Waals surface area contributed by atoms with E-state index in [-0.39, 0.29) is 17.7 Å². The SMILES string of the molecule is O=C(NCCNC(=O)[C@H]1CCCN(c2ccccn2)C1)c1cccnc1. The van der Waals surface area contributed by atoms with Crippen molar-refractivity contribution in [2.45, 2.75) is 12.8 Å². The second-order valence-electron chi connectivity index (χ2n) is 6.26. The lowest BCUT2D eigenvalue weighted by molar-refractivity contribution is -0.125. The molecule has 7 heteroatoms. The molecule has 0 unspecified atom stereocenters. The average Bonchev–Trinajstić information content (AvgIpc) is 2.72. The highest BCUT2D eigenvalue weighted by Crippen LogP contribution is 2.21. The van der Waals surface area contributed by atoms with Crippen LogP contribution in [0, 0.1) is 5.92 Å². The quantitative estimate of drug-likeness (QED) is 0.763. The smallest absolute Gasteiger partial charge is 0.252 e. The third-order valence-corrected chi connectivity index (χ3v) is 4.40. The van der Waals surface area contributed by atoms with Gasteiger partial charge in [-0.05, 0) is 37.1 Å². The second kappa shape index (κ2) is 8.94. The highest BCUT2D eigenvalue weighted by molar-refractivity contribution is 5.93. The Hall–Kier alpha value is -2.96. The molecule has 7 nitrogen and oxygen atoms in total. The van der Waals surface area contributed by atoms with E-state index in [4.69, 9.17) is 0 Å². The van der Waals surface area contributed by atoms with Crippen LogP contribution in [0.25, 0.3) is 0 Å². The molecule has 0 saturated carbocycles. The Morgan fingerprint density at radius 3 is 2.77 bits per heavy atom. The molecule has 1 fully saturated rings. The van der Waals surface area contributed by atoms with Crippen molar-refractivity contribution in [1.29, 1.82) is 0 Å². The molecular formula is C19H23N5O2. The number of pyridine rings is 2. The van der Waals surface area contributed by atoms with Crippen molar-refractivity contribution in [3.05, 3.63) is 54.5 Å². The number of carbonyl (C=O) groups is 2. The summed E-state index contributed by atoms with van der Waals surface area (Å²) in [5.74, 6) is 0.695. The zero-order valence-corrected chi connectivity index (χ0v) is 14.6. The van der Waals surface area contributed by atoms with Crippen molar-refractivity contribution >= 4 is 17.6 Å². The summed E-state index contributed by atoms with van der Waals surface area (Å²) in [6.07, 6.45) is 6.74. The van der Waals surface area contributed by atoms with Gasteiger partial charge < -0.3 is 15.5 Å². The molecule has 1 aliphatic rings. The number of anilines is 1. The molecule has 0 spiro atoms. The first-order valence-corrected chi connectivity index (χ1v) is 8.86. The number of amides is 2. The second-order valence-corrected chi connectivity index (χ2v) is 6.26. The van der Waals surface area contributed by atoms with E-state index in [0.29, 0.717) is 25.2 Å². The van der Waals surface area contributed by atoms with E-state index in [1.165, 1.54) is 6.20 Å². The van der Waals surface area contributed by atoms with E-state index in [0.717, 1.165) is 25.2 Å². The summed E-state index contributed by atoms with van der Waals surface area (Å²) < 4.78 is 0. The van der Waals surface area contributed by atoms with Crippen LogP contribution in [-0.4, -0.2) is 48.0 Å². The number of nitrogens with zero attached hydrogens (tertiary/aromatic N) is 3. The number of nitrogens with one attached hydrogen (secondary N) is 2. The Morgan fingerprint density at radius 1 is 1.12 bits per heavy atom. The van der Waals surface area contributed by atoms with Crippen molar-refractivity contribution in [3.8, 4) is 0 Å². The van der Waals surface area contributed by atoms with Crippen LogP contribution in [0.5, 0.6) is 0 Å². The van der Waals surface area contributed by atoms with Crippen molar-refractivity contribution in [1.82, 2.24) is 20.6 Å². The summed E-state index contributed by atoms with van der Waals surface area (Å²) in [7, 11) is 0. The molecule has 0 aliphatic carbocycles. The fraction of sp³-hybridized carbons (Fsp3) is 0.368. The van der Waals surface area contributed by atoms with Crippen molar-refractivity contribution in [3.63, 3.8) is 0 Å². The van der Waals surface area contributed by atoms with E-state index < -0.39 is 0 Å². The number of rotatable bonds is 6. The fourth-order valence-electron chi connectivity index (χ4n) is 3.05. The maximum Gasteiger partial charge on any atom is 0.252 e. The standard InChI is InChI=1S/C19H23N5O2/c25-18(15-5-3-8-20-13-15)22-10-11-23-19(26)16-6-4-12-24(14-16)17-7-1-2-9-21-17/h1-3,5,7-9,13,16H,4,6,10-12,14H2,(H,22,25)(H,23,26)/t16-/m0/s1. The number of hydrogen-bond donors (Lipinski definition) is 2. The van der Waals surface area contributed by atoms with Crippen LogP contribution in [-0.2, 0) is 4.79 Å². The van der Waals surface area contributed by atoms with Gasteiger partial charge in [0.15, 0.2) is 0 Å². The van der Waals surface area contributed by atoms with Crippen LogP contribution in [0.3, 0.4) is 0 Å². The van der Waals surface area contributed by atoms with E-state index in [1.54, 1.807) is 24.5 Å². The molecule has 0 radical (unpaired) electrons. The van der Waals surface area contributed by atoms with Crippen molar-refractivity contribution in [2.75, 3.05) is 31.1 Å². The summed E-state index contributed by atoms with van der Waals surface area (Å²) >= 11 is 0. The number of carbonyl (C=O) groups excluding carboxylic acids is 2. The molecule has 1 aliphatic heterocycles. The van der Waals surface area contributed by atoms with Gasteiger partial charge in [0.1, 0.15) is 5.82 Å². The van der Waals surface area contributed by atoms with Gasteiger partial charge in [0.2, 0.25) is 5.91 Å². The zero-order valence-electron chi connectivity index (χ0n) is 14.6. The predicted molar refractivity (Wildman–Crippen MR) is 98.8 cm³/mol. The lowest BCUT2D eigenvalue weighted by Gasteiger charge is -2.32. The topological polar surface area (TPSA) is 87.2 Å². The summed E-state index contributed by atoms with van der Waals surface area (Å²) in [4.78, 5) is 34.7. The lowest BCUT2D eigenvalue weighted by atomic mass is 9.97. The van der Waals surface area contributed by atoms with Crippen LogP contribution < -0.4 is 15.5 Å². The number of hydrogen-bond acceptors (Lipinski definition) is 5. The molecule has 1 saturated heterocycles. The first-order chi connectivity index (χ1) is 12.7. The molecule has 3 rings (SSSR count). The van der Waals surface area contributed by atoms with Crippen LogP contribution >= 0.6 is 0 Å². The Labute approximate surface area is 152 Å². The molecule has 2 aromatic heterocycles. The minimum absolute atomic E-state index is 0.0289. The molecule has 0 aromatic carbocycles. The molecule has 3 heterocycles. The Balaban J connectivity index is 1.41. The average molecular weight is 353 g/mol. The van der Waals surface area contributed by atoms with Crippen LogP contribution in [0.1, 0.15) is 23.2 Å². The lowest BCUT2D eigenvalue weighted by Crippen LogP contribution is -2.45. The normalized spacial score (nSPS) is 16.8. The van der Waals surface area contributed by atoms with Gasteiger partial charge in [-0.1, -0.05) is 6.07 Å². The third-order valence-electron chi connectivity index (χ3n) is 4.40. The number of piperidine rings is 1. The van der Waals surface area contributed by atoms with Crippen molar-refractivity contribution in [2.24, 2.45) is 5.92 Å². The third kappa shape index (κ3) is 4.78. The first kappa shape index (κ1) is 17.8. The molecule has 136 valence electrons. The van der Waals surface area contributed by atoms with Gasteiger partial charge in [-0.15, -0.1) is 0 Å². The summed E-state index contributed by atoms with van der Waals surface area (Å²) in [6.45, 7) is 2.38. The zero-order chi connectivity index (χ0) is 18.2. The minimum Gasteiger partial charge on any atom is -0.356 e. The molecule has 1 atom stereocenters. The van der Waals surface area contributed by atoms with Gasteiger partial charge in [-0.3, -0.25) is 14.6 Å². The molecular weight excluding hydrogens is 330 g/mol. The van der Waals surface area contributed by atoms with E-state index in [2.05, 4.69) is 25.5 Å². The molecule has 2 aromatic rings. The van der Waals surface area contributed by atoms with Gasteiger partial charge in [0, 0.05) is 44.8 Å². The monoisotopic (exact) mass is 353 g/mol. The molecule has 26 heavy (non-hydrogen) atoms. The minimum atomic E-state index is -0.189. The Bertz CT molecular complexity index is 723. The highest BCUT2D eigenvalue weighted by atomic mass is 16.2. The molecule has 2 N–H and O–H groups in total. The predicted octanol–water partition coefficient (Wildman–Crippen LogP) is 1.24. The number of aromatic nitrogens is 2. The summed E-state index contributed by atoms with van der Waals surface area (Å²) in [6, 6.07) is 9.23. The highest BCUT2D eigenvalue weighted by Gasteiger charge is 2.26. The van der Waals surface area contributed by atoms with E-state index >= 15 is 0 Å². The van der Waals surface area contributed by atoms with Gasteiger partial charge in [-0.2, -0.15) is 0 Å². The Morgan fingerprint density at radius 2 is 2.00 bits per heavy atom. The van der Waals surface area contributed by atoms with Crippen molar-refractivity contribution < 1.29 is 9.59 Å². The maximum atomic E-state index is 12.4. The fourth-order valence-corrected chi connectivity index (χ4v) is 3.05.